The molecule has 1 aromatic rings. The van der Waals surface area contributed by atoms with Gasteiger partial charge in [0.1, 0.15) is 11.0 Å². The van der Waals surface area contributed by atoms with Crippen molar-refractivity contribution < 1.29 is 5.11 Å². The van der Waals surface area contributed by atoms with E-state index in [1.807, 2.05) is 0 Å². The first-order valence-electron chi connectivity index (χ1n) is 6.48. The van der Waals surface area contributed by atoms with Crippen LogP contribution in [0.15, 0.2) is 6.07 Å². The van der Waals surface area contributed by atoms with Crippen LogP contribution in [0.5, 0.6) is 0 Å². The number of pyridine rings is 1. The van der Waals surface area contributed by atoms with Crippen molar-refractivity contribution in [2.45, 2.75) is 44.1 Å². The number of hydrogen-bond acceptors (Lipinski definition) is 3. The van der Waals surface area contributed by atoms with Gasteiger partial charge in [-0.3, -0.25) is 0 Å². The average molecular weight is 324 g/mol. The van der Waals surface area contributed by atoms with Gasteiger partial charge in [0.25, 0.3) is 0 Å². The maximum atomic E-state index is 10.5. The van der Waals surface area contributed by atoms with Crippen LogP contribution in [0, 0.1) is 0 Å². The molecule has 0 radical (unpaired) electrons. The van der Waals surface area contributed by atoms with Crippen LogP contribution >= 0.6 is 34.8 Å². The highest BCUT2D eigenvalue weighted by Gasteiger charge is 2.28. The first kappa shape index (κ1) is 15.2. The van der Waals surface area contributed by atoms with E-state index in [9.17, 15) is 5.11 Å². The average Bonchev–Trinajstić information content (AvgIpc) is 2.58. The number of hydrogen-bond donors (Lipinski definition) is 2. The fourth-order valence-electron chi connectivity index (χ4n) is 2.38. The van der Waals surface area contributed by atoms with Crippen LogP contribution in [0.4, 0.5) is 5.82 Å². The molecule has 0 saturated heterocycles. The summed E-state index contributed by atoms with van der Waals surface area (Å²) in [5.41, 5.74) is -0.687. The number of rotatable bonds is 3. The lowest BCUT2D eigenvalue weighted by Crippen LogP contribution is -2.36. The van der Waals surface area contributed by atoms with Crippen molar-refractivity contribution in [1.29, 1.82) is 0 Å². The van der Waals surface area contributed by atoms with Crippen LogP contribution < -0.4 is 5.32 Å². The van der Waals surface area contributed by atoms with Gasteiger partial charge in [0.2, 0.25) is 0 Å². The molecule has 106 valence electrons. The largest absolute Gasteiger partial charge is 0.388 e. The number of anilines is 1. The van der Waals surface area contributed by atoms with E-state index in [1.165, 1.54) is 12.8 Å². The van der Waals surface area contributed by atoms with E-state index < -0.39 is 5.60 Å². The number of nitrogens with zero attached hydrogens (tertiary/aromatic N) is 1. The minimum atomic E-state index is -0.687. The zero-order chi connectivity index (χ0) is 13.9. The molecule has 2 rings (SSSR count). The third kappa shape index (κ3) is 4.12. The first-order valence-corrected chi connectivity index (χ1v) is 7.61. The number of halogens is 3. The Bertz CT molecular complexity index is 446. The molecule has 1 aromatic heterocycles. The Morgan fingerprint density at radius 1 is 1.11 bits per heavy atom. The van der Waals surface area contributed by atoms with Crippen LogP contribution in [-0.4, -0.2) is 22.2 Å². The van der Waals surface area contributed by atoms with Crippen molar-refractivity contribution in [2.75, 3.05) is 11.9 Å². The van der Waals surface area contributed by atoms with Gasteiger partial charge in [-0.25, -0.2) is 4.98 Å². The second kappa shape index (κ2) is 6.49. The van der Waals surface area contributed by atoms with E-state index in [-0.39, 0.29) is 5.15 Å². The molecular weight excluding hydrogens is 307 g/mol. The second-order valence-corrected chi connectivity index (χ2v) is 6.26. The lowest BCUT2D eigenvalue weighted by atomic mass is 9.94. The molecule has 0 aliphatic heterocycles. The van der Waals surface area contributed by atoms with Crippen molar-refractivity contribution in [3.63, 3.8) is 0 Å². The molecular formula is C13H17Cl3N2O. The van der Waals surface area contributed by atoms with E-state index >= 15 is 0 Å². The van der Waals surface area contributed by atoms with Crippen LogP contribution in [0.1, 0.15) is 38.5 Å². The third-order valence-corrected chi connectivity index (χ3v) is 4.47. The highest BCUT2D eigenvalue weighted by Crippen LogP contribution is 2.31. The predicted molar refractivity (Wildman–Crippen MR) is 80.4 cm³/mol. The van der Waals surface area contributed by atoms with E-state index in [4.69, 9.17) is 34.8 Å². The molecule has 1 saturated carbocycles. The van der Waals surface area contributed by atoms with Crippen molar-refractivity contribution in [1.82, 2.24) is 4.98 Å². The van der Waals surface area contributed by atoms with E-state index in [1.54, 1.807) is 6.07 Å². The van der Waals surface area contributed by atoms with Gasteiger partial charge in [-0.1, -0.05) is 60.5 Å². The Kier molecular flexibility index (Phi) is 5.18. The molecule has 3 nitrogen and oxygen atoms in total. The molecule has 0 atom stereocenters. The van der Waals surface area contributed by atoms with Crippen molar-refractivity contribution >= 4 is 40.6 Å². The van der Waals surface area contributed by atoms with Gasteiger partial charge in [-0.15, -0.1) is 0 Å². The minimum absolute atomic E-state index is 0.210. The third-order valence-electron chi connectivity index (χ3n) is 3.51. The fourth-order valence-corrected chi connectivity index (χ4v) is 2.94. The number of nitrogens with one attached hydrogen (secondary N) is 1. The molecule has 19 heavy (non-hydrogen) atoms. The molecule has 0 bridgehead atoms. The fraction of sp³-hybridized carbons (Fsp3) is 0.615. The standard InChI is InChI=1S/C13H17Cl3N2O/c14-9-7-10(15)12(18-11(9)16)17-8-13(19)5-3-1-2-4-6-13/h7,19H,1-6,8H2,(H,17,18). The molecule has 1 fully saturated rings. The van der Waals surface area contributed by atoms with E-state index in [0.717, 1.165) is 25.7 Å². The summed E-state index contributed by atoms with van der Waals surface area (Å²) in [4.78, 5) is 4.09. The van der Waals surface area contributed by atoms with Crippen LogP contribution in [-0.2, 0) is 0 Å². The van der Waals surface area contributed by atoms with Crippen molar-refractivity contribution in [2.24, 2.45) is 0 Å². The van der Waals surface area contributed by atoms with Crippen molar-refractivity contribution in [3.8, 4) is 0 Å². The summed E-state index contributed by atoms with van der Waals surface area (Å²) >= 11 is 17.7. The summed E-state index contributed by atoms with van der Waals surface area (Å²) in [6, 6.07) is 1.55. The summed E-state index contributed by atoms with van der Waals surface area (Å²) in [5, 5.41) is 14.6. The Morgan fingerprint density at radius 2 is 1.74 bits per heavy atom. The summed E-state index contributed by atoms with van der Waals surface area (Å²) in [5.74, 6) is 0.466. The zero-order valence-corrected chi connectivity index (χ0v) is 12.8. The Balaban J connectivity index is 2.03. The van der Waals surface area contributed by atoms with Gasteiger partial charge in [0, 0.05) is 6.54 Å². The number of aromatic nitrogens is 1. The van der Waals surface area contributed by atoms with Gasteiger partial charge in [0.15, 0.2) is 0 Å². The normalized spacial score (nSPS) is 18.9. The Morgan fingerprint density at radius 3 is 2.37 bits per heavy atom. The molecule has 0 amide bonds. The lowest BCUT2D eigenvalue weighted by molar-refractivity contribution is 0.0380. The van der Waals surface area contributed by atoms with E-state index in [0.29, 0.717) is 22.4 Å². The van der Waals surface area contributed by atoms with Gasteiger partial charge >= 0.3 is 0 Å². The Hall–Kier alpha value is -0.220. The SMILES string of the molecule is OC1(CNc2nc(Cl)c(Cl)cc2Cl)CCCCCC1. The predicted octanol–water partition coefficient (Wildman–Crippen LogP) is 4.54. The summed E-state index contributed by atoms with van der Waals surface area (Å²) in [6.45, 7) is 0.428. The molecule has 6 heteroatoms. The molecule has 1 aliphatic rings. The lowest BCUT2D eigenvalue weighted by Gasteiger charge is -2.27. The molecule has 0 unspecified atom stereocenters. The van der Waals surface area contributed by atoms with Gasteiger partial charge in [0.05, 0.1) is 15.6 Å². The van der Waals surface area contributed by atoms with Gasteiger partial charge < -0.3 is 10.4 Å². The van der Waals surface area contributed by atoms with Crippen molar-refractivity contribution in [3.05, 3.63) is 21.3 Å². The van der Waals surface area contributed by atoms with Crippen LogP contribution in [0.2, 0.25) is 15.2 Å². The van der Waals surface area contributed by atoms with Gasteiger partial charge in [-0.2, -0.15) is 0 Å². The smallest absolute Gasteiger partial charge is 0.150 e. The Labute approximate surface area is 128 Å². The second-order valence-electron chi connectivity index (χ2n) is 5.08. The maximum Gasteiger partial charge on any atom is 0.150 e. The molecule has 1 heterocycles. The van der Waals surface area contributed by atoms with Gasteiger partial charge in [-0.05, 0) is 18.9 Å². The van der Waals surface area contributed by atoms with Crippen LogP contribution in [0.25, 0.3) is 0 Å². The highest BCUT2D eigenvalue weighted by atomic mass is 35.5. The van der Waals surface area contributed by atoms with Crippen LogP contribution in [0.3, 0.4) is 0 Å². The highest BCUT2D eigenvalue weighted by molar-refractivity contribution is 6.42. The number of aliphatic hydroxyl groups is 1. The topological polar surface area (TPSA) is 45.1 Å². The minimum Gasteiger partial charge on any atom is -0.388 e. The summed E-state index contributed by atoms with van der Waals surface area (Å²) in [6.07, 6.45) is 6.10. The molecule has 2 N–H and O–H groups in total. The van der Waals surface area contributed by atoms with E-state index in [2.05, 4.69) is 10.3 Å². The molecule has 0 spiro atoms. The first-order chi connectivity index (χ1) is 9.00. The maximum absolute atomic E-state index is 10.5. The zero-order valence-electron chi connectivity index (χ0n) is 10.6. The molecule has 0 aromatic carbocycles. The quantitative estimate of drug-likeness (QED) is 0.634. The molecule has 1 aliphatic carbocycles. The summed E-state index contributed by atoms with van der Waals surface area (Å²) < 4.78 is 0. The summed E-state index contributed by atoms with van der Waals surface area (Å²) in [7, 11) is 0. The monoisotopic (exact) mass is 322 g/mol.